The summed E-state index contributed by atoms with van der Waals surface area (Å²) in [5, 5.41) is 51.7. The Morgan fingerprint density at radius 2 is 1.09 bits per heavy atom. The molecule has 1 aliphatic rings. The number of aromatic nitrogens is 4. The van der Waals surface area contributed by atoms with Gasteiger partial charge in [0.15, 0.2) is 5.95 Å². The van der Waals surface area contributed by atoms with Crippen molar-refractivity contribution in [1.82, 2.24) is 59.4 Å². The zero-order valence-corrected chi connectivity index (χ0v) is 51.6. The maximum Gasteiger partial charge on any atom is 0.323 e. The van der Waals surface area contributed by atoms with Gasteiger partial charge in [-0.3, -0.25) is 53.0 Å². The smallest absolute Gasteiger partial charge is 0.323 e. The number of fused-ring (bicyclic) bond motifs is 1. The van der Waals surface area contributed by atoms with Crippen LogP contribution in [0.5, 0.6) is 0 Å². The van der Waals surface area contributed by atoms with Gasteiger partial charge in [0, 0.05) is 159 Å². The zero-order chi connectivity index (χ0) is 62.6. The van der Waals surface area contributed by atoms with Gasteiger partial charge < -0.3 is 55.6 Å². The van der Waals surface area contributed by atoms with Crippen LogP contribution in [0.25, 0.3) is 22.0 Å². The Balaban J connectivity index is 0.0000141. The van der Waals surface area contributed by atoms with Gasteiger partial charge in [-0.15, -0.1) is 0 Å². The van der Waals surface area contributed by atoms with Crippen LogP contribution in [0.1, 0.15) is 29.6 Å². The van der Waals surface area contributed by atoms with Crippen molar-refractivity contribution >= 4 is 72.6 Å². The Kier molecular flexibility index (Phi) is 31.0. The van der Waals surface area contributed by atoms with Crippen molar-refractivity contribution < 1.29 is 117 Å². The van der Waals surface area contributed by atoms with Gasteiger partial charge >= 0.3 is 23.9 Å². The van der Waals surface area contributed by atoms with E-state index in [1.165, 1.54) is 36.4 Å². The van der Waals surface area contributed by atoms with Gasteiger partial charge in [0.05, 0.1) is 74.1 Å². The minimum Gasteiger partial charge on any atom is -0.480 e. The molecule has 1 fully saturated rings. The van der Waals surface area contributed by atoms with E-state index in [9.17, 15) is 66.0 Å². The molecule has 33 heteroatoms. The van der Waals surface area contributed by atoms with Crippen molar-refractivity contribution in [2.24, 2.45) is 0 Å². The Morgan fingerprint density at radius 3 is 1.59 bits per heavy atom. The number of anilines is 1. The number of nitrogens with zero attached hydrogens (tertiary/aromatic N) is 7. The van der Waals surface area contributed by atoms with Crippen molar-refractivity contribution in [3.8, 4) is 11.1 Å². The van der Waals surface area contributed by atoms with E-state index < -0.39 is 62.4 Å². The summed E-state index contributed by atoms with van der Waals surface area (Å²) in [6.45, 7) is 4.51. The SMILES string of the molecule is O=C(O)CN1CCN(CC(=O)O)CCN(CC(=O)NCCCOCCOCCOCCCNS(=O)(=O)c2ccc(-c3ccc(S(=O)(=O)NC(CNC(=O)c4ccc5c(cnn5CCCNc5ncc[nH]5)c4)C(=O)O)cc3)cc2)CCN(CC(=O)O)CC1.[177Lu]. The monoisotopic (exact) mass is 1430 g/mol. The van der Waals surface area contributed by atoms with E-state index in [4.69, 9.17) is 14.2 Å². The predicted octanol–water partition coefficient (Wildman–Crippen LogP) is -0.210. The zero-order valence-electron chi connectivity index (χ0n) is 48.3. The molecule has 10 N–H and O–H groups in total. The number of carboxylic acid groups (broad SMARTS) is 4. The molecule has 0 bridgehead atoms. The molecule has 1 saturated heterocycles. The molecule has 2 amide bonds. The molecule has 0 spiro atoms. The molecule has 1 unspecified atom stereocenters. The molecule has 6 rings (SSSR count). The maximum absolute atomic E-state index is 13.3. The second-order valence-corrected chi connectivity index (χ2v) is 23.7. The van der Waals surface area contributed by atoms with Crippen LogP contribution >= 0.6 is 0 Å². The first-order valence-electron chi connectivity index (χ1n) is 28.2. The fourth-order valence-electron chi connectivity index (χ4n) is 9.04. The fraction of sp³-hybridized carbons (Fsp3) is 0.491. The third-order valence-corrected chi connectivity index (χ3v) is 16.6. The summed E-state index contributed by atoms with van der Waals surface area (Å²) < 4.78 is 75.9. The standard InChI is InChI=1S/C55H77N13O17S2.Lu/c69-49(37-64-20-22-65(38-50(70)71)24-26-67(40-52(74)75)27-25-66(23-21-64)39-51(72)73)56-15-2-28-83-30-32-85-33-31-84-29-3-16-62-86(79,80)45-9-4-41(5-10-45)42-6-11-46(12-7-42)87(81,82)63-47(54(77)78)36-60-53(76)43-8-13-48-44(34-43)35-61-68(48)19-1-14-57-55-58-17-18-59-55;/h4-13,17-18,34-35,47,62-63H,1-3,14-16,19-33,36-40H2,(H,56,69)(H,60,76)(H,70,71)(H,72,73)(H,74,75)(H,77,78)(H2,57,58,59);/i;1+2. The van der Waals surface area contributed by atoms with Gasteiger partial charge in [0.25, 0.3) is 5.91 Å². The quantitative estimate of drug-likeness (QED) is 0.0230. The fourth-order valence-corrected chi connectivity index (χ4v) is 11.3. The summed E-state index contributed by atoms with van der Waals surface area (Å²) in [4.78, 5) is 86.4. The number of benzene rings is 3. The number of hydrogen-bond acceptors (Lipinski definition) is 20. The molecule has 0 aliphatic carbocycles. The van der Waals surface area contributed by atoms with E-state index in [-0.39, 0.29) is 137 Å². The van der Waals surface area contributed by atoms with Crippen LogP contribution in [0.2, 0.25) is 0 Å². The average molecular weight is 1430 g/mol. The normalized spacial score (nSPS) is 14.7. The number of H-pyrrole nitrogens is 1. The summed E-state index contributed by atoms with van der Waals surface area (Å²) in [6, 6.07) is 14.7. The molecule has 88 heavy (non-hydrogen) atoms. The van der Waals surface area contributed by atoms with E-state index in [1.54, 1.807) is 68.3 Å². The van der Waals surface area contributed by atoms with Gasteiger partial charge in [-0.05, 0) is 72.9 Å². The molecular weight excluding hydrogens is 1360 g/mol. The molecule has 5 aromatic rings. The Hall–Kier alpha value is -6.27. The number of carbonyl (C=O) groups excluding carboxylic acids is 2. The minimum absolute atomic E-state index is 0. The van der Waals surface area contributed by atoms with Gasteiger partial charge in [-0.1, -0.05) is 24.3 Å². The topological polar surface area (TPSA) is 399 Å². The van der Waals surface area contributed by atoms with Crippen molar-refractivity contribution in [3.05, 3.63) is 90.9 Å². The number of nitrogens with one attached hydrogen (secondary N) is 6. The Labute approximate surface area is 538 Å². The Bertz CT molecular complexity index is 3200. The van der Waals surface area contributed by atoms with Crippen LogP contribution in [-0.2, 0) is 64.8 Å². The van der Waals surface area contributed by atoms with Crippen LogP contribution in [0, 0.1) is 36.9 Å². The first kappa shape index (κ1) is 72.5. The number of ether oxygens (including phenoxy) is 3. The molecule has 1 atom stereocenters. The third kappa shape index (κ3) is 25.7. The molecule has 3 aromatic carbocycles. The van der Waals surface area contributed by atoms with Gasteiger partial charge in [0.2, 0.25) is 26.0 Å². The number of imidazole rings is 1. The van der Waals surface area contributed by atoms with Gasteiger partial charge in [-0.25, -0.2) is 26.5 Å². The van der Waals surface area contributed by atoms with E-state index in [1.807, 2.05) is 4.90 Å². The number of amides is 2. The van der Waals surface area contributed by atoms with Crippen LogP contribution in [0.15, 0.2) is 95.1 Å². The average Bonchev–Trinajstić information content (AvgIpc) is 2.50. The number of carboxylic acids is 4. The van der Waals surface area contributed by atoms with Crippen molar-refractivity contribution in [2.75, 3.05) is 150 Å². The van der Waals surface area contributed by atoms with E-state index in [2.05, 4.69) is 40.5 Å². The van der Waals surface area contributed by atoms with Crippen LogP contribution < -0.4 is 25.4 Å². The molecule has 30 nitrogen and oxygen atoms in total. The predicted molar refractivity (Wildman–Crippen MR) is 316 cm³/mol. The van der Waals surface area contributed by atoms with E-state index in [0.717, 1.165) is 11.9 Å². The molecule has 491 valence electrons. The second kappa shape index (κ2) is 37.7. The second-order valence-electron chi connectivity index (χ2n) is 20.2. The van der Waals surface area contributed by atoms with Crippen LogP contribution in [0.4, 0.5) is 5.95 Å². The first-order valence-corrected chi connectivity index (χ1v) is 31.2. The summed E-state index contributed by atoms with van der Waals surface area (Å²) in [5.41, 5.74) is 2.17. The molecular formula is C55H77LuN13O17S2. The first-order chi connectivity index (χ1) is 41.7. The van der Waals surface area contributed by atoms with E-state index in [0.29, 0.717) is 101 Å². The minimum atomic E-state index is -4.38. The molecule has 2 aromatic heterocycles. The van der Waals surface area contributed by atoms with Gasteiger partial charge in [-0.2, -0.15) is 9.82 Å². The summed E-state index contributed by atoms with van der Waals surface area (Å²) >= 11 is 0. The number of aromatic amines is 1. The van der Waals surface area contributed by atoms with Crippen LogP contribution in [0.3, 0.4) is 0 Å². The summed E-state index contributed by atoms with van der Waals surface area (Å²) in [6.07, 6.45) is 6.64. The van der Waals surface area contributed by atoms with Crippen LogP contribution in [-0.4, -0.2) is 263 Å². The molecule has 3 heterocycles. The number of hydrogen-bond donors (Lipinski definition) is 10. The van der Waals surface area contributed by atoms with E-state index >= 15 is 0 Å². The Morgan fingerprint density at radius 1 is 0.591 bits per heavy atom. The summed E-state index contributed by atoms with van der Waals surface area (Å²) in [7, 11) is -8.25. The third-order valence-electron chi connectivity index (χ3n) is 13.6. The largest absolute Gasteiger partial charge is 0.480 e. The number of carbonyl (C=O) groups is 6. The number of aliphatic carboxylic acids is 4. The maximum atomic E-state index is 13.3. The number of sulfonamides is 2. The van der Waals surface area contributed by atoms with Crippen molar-refractivity contribution in [2.45, 2.75) is 41.6 Å². The number of aryl methyl sites for hydroxylation is 1. The van der Waals surface area contributed by atoms with Crippen molar-refractivity contribution in [3.63, 3.8) is 0 Å². The van der Waals surface area contributed by atoms with Gasteiger partial charge in [0.1, 0.15) is 6.04 Å². The summed E-state index contributed by atoms with van der Waals surface area (Å²) in [5.74, 6) is -4.82. The molecule has 1 radical (unpaired) electrons. The number of rotatable bonds is 37. The molecule has 1 aliphatic heterocycles. The molecule has 0 saturated carbocycles. The van der Waals surface area contributed by atoms with Crippen molar-refractivity contribution in [1.29, 1.82) is 0 Å².